The number of carbonyl (C=O) groups excluding carboxylic acids is 2. The third-order valence-electron chi connectivity index (χ3n) is 6.41. The first kappa shape index (κ1) is 16.0. The van der Waals surface area contributed by atoms with E-state index in [1.54, 1.807) is 0 Å². The van der Waals surface area contributed by atoms with Gasteiger partial charge in [-0.1, -0.05) is 41.5 Å². The van der Waals surface area contributed by atoms with Crippen molar-refractivity contribution in [3.05, 3.63) is 0 Å². The highest BCUT2D eigenvalue weighted by atomic mass is 16.6. The van der Waals surface area contributed by atoms with E-state index < -0.39 is 0 Å². The predicted molar refractivity (Wildman–Crippen MR) is 84.8 cm³/mol. The second-order valence-electron chi connectivity index (χ2n) is 9.91. The molecule has 1 aliphatic heterocycles. The third-order valence-corrected chi connectivity index (χ3v) is 6.41. The van der Waals surface area contributed by atoms with Gasteiger partial charge in [0.25, 0.3) is 0 Å². The molecule has 3 nitrogen and oxygen atoms in total. The van der Waals surface area contributed by atoms with Gasteiger partial charge in [0.05, 0.1) is 11.8 Å². The lowest BCUT2D eigenvalue weighted by Gasteiger charge is -2.44. The fourth-order valence-corrected chi connectivity index (χ4v) is 5.92. The maximum absolute atomic E-state index is 12.5. The molecule has 3 fully saturated rings. The summed E-state index contributed by atoms with van der Waals surface area (Å²) >= 11 is 0. The zero-order valence-corrected chi connectivity index (χ0v) is 14.8. The molecule has 3 aliphatic rings. The van der Waals surface area contributed by atoms with Crippen molar-refractivity contribution in [2.45, 2.75) is 60.8 Å². The van der Waals surface area contributed by atoms with E-state index in [1.807, 2.05) is 0 Å². The van der Waals surface area contributed by atoms with Crippen LogP contribution in [0.15, 0.2) is 0 Å². The van der Waals surface area contributed by atoms with Crippen LogP contribution in [-0.4, -0.2) is 11.9 Å². The maximum Gasteiger partial charge on any atom is 0.318 e. The van der Waals surface area contributed by atoms with Gasteiger partial charge < -0.3 is 4.74 Å². The van der Waals surface area contributed by atoms with Gasteiger partial charge in [0.1, 0.15) is 0 Å². The summed E-state index contributed by atoms with van der Waals surface area (Å²) in [6.07, 6.45) is 3.75. The Bertz CT molecular complexity index is 494. The molecule has 2 saturated carbocycles. The van der Waals surface area contributed by atoms with E-state index in [0.29, 0.717) is 17.8 Å². The number of esters is 2. The number of ether oxygens (including phenoxy) is 1. The average molecular weight is 306 g/mol. The summed E-state index contributed by atoms with van der Waals surface area (Å²) in [4.78, 5) is 24.9. The summed E-state index contributed by atoms with van der Waals surface area (Å²) in [6, 6.07) is 0. The highest BCUT2D eigenvalue weighted by molar-refractivity contribution is 5.97. The minimum absolute atomic E-state index is 0.179. The van der Waals surface area contributed by atoms with Gasteiger partial charge in [0, 0.05) is 0 Å². The van der Waals surface area contributed by atoms with Crippen molar-refractivity contribution in [3.63, 3.8) is 0 Å². The Morgan fingerprint density at radius 2 is 1.45 bits per heavy atom. The summed E-state index contributed by atoms with van der Waals surface area (Å²) in [5.74, 6) is 1.11. The Hall–Kier alpha value is -0.860. The summed E-state index contributed by atoms with van der Waals surface area (Å²) in [7, 11) is 0. The molecule has 0 radical (unpaired) electrons. The largest absolute Gasteiger partial charge is 0.393 e. The quantitative estimate of drug-likeness (QED) is 0.542. The molecule has 2 bridgehead atoms. The van der Waals surface area contributed by atoms with Crippen LogP contribution in [0.4, 0.5) is 0 Å². The molecule has 3 heteroatoms. The van der Waals surface area contributed by atoms with Crippen LogP contribution >= 0.6 is 0 Å². The van der Waals surface area contributed by atoms with Crippen LogP contribution in [-0.2, 0) is 14.3 Å². The van der Waals surface area contributed by atoms with Crippen LogP contribution in [0.2, 0.25) is 0 Å². The fraction of sp³-hybridized carbons (Fsp3) is 0.895. The third kappa shape index (κ3) is 2.32. The number of hydrogen-bond acceptors (Lipinski definition) is 3. The SMILES string of the molecule is CC(C)(C)C1C(=O)OC(=O)C1C1C2CCC(C2)C1C(C)(C)C. The zero-order valence-electron chi connectivity index (χ0n) is 14.8. The summed E-state index contributed by atoms with van der Waals surface area (Å²) < 4.78 is 5.12. The van der Waals surface area contributed by atoms with Gasteiger partial charge in [0.15, 0.2) is 0 Å². The van der Waals surface area contributed by atoms with Crippen molar-refractivity contribution in [2.24, 2.45) is 46.3 Å². The Morgan fingerprint density at radius 3 is 2.00 bits per heavy atom. The van der Waals surface area contributed by atoms with E-state index in [4.69, 9.17) is 4.74 Å². The van der Waals surface area contributed by atoms with Crippen molar-refractivity contribution in [3.8, 4) is 0 Å². The minimum atomic E-state index is -0.294. The van der Waals surface area contributed by atoms with Gasteiger partial charge in [-0.2, -0.15) is 0 Å². The van der Waals surface area contributed by atoms with Gasteiger partial charge >= 0.3 is 11.9 Å². The summed E-state index contributed by atoms with van der Waals surface area (Å²) in [5, 5.41) is 0. The first-order valence-electron chi connectivity index (χ1n) is 8.77. The molecule has 0 aromatic rings. The topological polar surface area (TPSA) is 43.4 Å². The van der Waals surface area contributed by atoms with Crippen LogP contribution in [0.5, 0.6) is 0 Å². The van der Waals surface area contributed by atoms with Gasteiger partial charge in [0.2, 0.25) is 0 Å². The highest BCUT2D eigenvalue weighted by Gasteiger charge is 2.62. The summed E-state index contributed by atoms with van der Waals surface area (Å²) in [6.45, 7) is 13.1. The van der Waals surface area contributed by atoms with E-state index in [1.165, 1.54) is 19.3 Å². The van der Waals surface area contributed by atoms with Crippen molar-refractivity contribution < 1.29 is 14.3 Å². The average Bonchev–Trinajstić information content (AvgIpc) is 2.98. The molecule has 6 atom stereocenters. The Balaban J connectivity index is 2.00. The van der Waals surface area contributed by atoms with Crippen LogP contribution < -0.4 is 0 Å². The molecular weight excluding hydrogens is 276 g/mol. The van der Waals surface area contributed by atoms with E-state index in [2.05, 4.69) is 41.5 Å². The number of hydrogen-bond donors (Lipinski definition) is 0. The molecule has 6 unspecified atom stereocenters. The number of cyclic esters (lactones) is 2. The Morgan fingerprint density at radius 1 is 0.864 bits per heavy atom. The minimum Gasteiger partial charge on any atom is -0.393 e. The molecule has 1 saturated heterocycles. The molecule has 0 aromatic heterocycles. The van der Waals surface area contributed by atoms with E-state index in [0.717, 1.165) is 5.92 Å². The molecule has 1 heterocycles. The van der Waals surface area contributed by atoms with Crippen LogP contribution in [0.3, 0.4) is 0 Å². The maximum atomic E-state index is 12.5. The lowest BCUT2D eigenvalue weighted by Crippen LogP contribution is -2.43. The first-order chi connectivity index (χ1) is 10.0. The van der Waals surface area contributed by atoms with E-state index >= 15 is 0 Å². The van der Waals surface area contributed by atoms with Gasteiger partial charge in [-0.15, -0.1) is 0 Å². The van der Waals surface area contributed by atoms with Gasteiger partial charge in [-0.05, 0) is 53.8 Å². The highest BCUT2D eigenvalue weighted by Crippen LogP contribution is 2.62. The molecule has 0 spiro atoms. The second kappa shape index (κ2) is 4.82. The Kier molecular flexibility index (Phi) is 3.51. The number of fused-ring (bicyclic) bond motifs is 2. The summed E-state index contributed by atoms with van der Waals surface area (Å²) in [5.41, 5.74) is -0.0446. The van der Waals surface area contributed by atoms with Crippen molar-refractivity contribution in [2.75, 3.05) is 0 Å². The van der Waals surface area contributed by atoms with E-state index in [-0.39, 0.29) is 34.6 Å². The molecule has 0 N–H and O–H groups in total. The van der Waals surface area contributed by atoms with Crippen LogP contribution in [0.1, 0.15) is 60.8 Å². The Labute approximate surface area is 134 Å². The van der Waals surface area contributed by atoms with Crippen molar-refractivity contribution >= 4 is 11.9 Å². The molecule has 0 amide bonds. The normalized spacial score (nSPS) is 42.1. The molecule has 2 aliphatic carbocycles. The standard InChI is InChI=1S/C19H30O3/c1-18(2,3)14-11-8-7-10(9-11)12(14)13-15(19(4,5)6)17(21)22-16(13)20/h10-15H,7-9H2,1-6H3. The van der Waals surface area contributed by atoms with Gasteiger partial charge in [-0.25, -0.2) is 0 Å². The smallest absolute Gasteiger partial charge is 0.318 e. The molecule has 22 heavy (non-hydrogen) atoms. The number of rotatable bonds is 1. The first-order valence-corrected chi connectivity index (χ1v) is 8.77. The lowest BCUT2D eigenvalue weighted by atomic mass is 9.58. The fourth-order valence-electron chi connectivity index (χ4n) is 5.92. The zero-order chi connectivity index (χ0) is 16.4. The van der Waals surface area contributed by atoms with Gasteiger partial charge in [-0.3, -0.25) is 9.59 Å². The van der Waals surface area contributed by atoms with Crippen molar-refractivity contribution in [1.29, 1.82) is 0 Å². The van der Waals surface area contributed by atoms with Crippen LogP contribution in [0, 0.1) is 46.3 Å². The predicted octanol–water partition coefficient (Wildman–Crippen LogP) is 4.06. The second-order valence-corrected chi connectivity index (χ2v) is 9.91. The molecular formula is C19H30O3. The lowest BCUT2D eigenvalue weighted by molar-refractivity contribution is -0.155. The van der Waals surface area contributed by atoms with Crippen LogP contribution in [0.25, 0.3) is 0 Å². The molecule has 124 valence electrons. The molecule has 0 aromatic carbocycles. The van der Waals surface area contributed by atoms with Crippen molar-refractivity contribution in [1.82, 2.24) is 0 Å². The monoisotopic (exact) mass is 306 g/mol. The number of carbonyl (C=O) groups is 2. The molecule has 3 rings (SSSR count). The van der Waals surface area contributed by atoms with E-state index in [9.17, 15) is 9.59 Å².